The van der Waals surface area contributed by atoms with Crippen LogP contribution in [0, 0.1) is 6.92 Å². The molecule has 4 heteroatoms. The van der Waals surface area contributed by atoms with E-state index in [1.807, 2.05) is 13.8 Å². The van der Waals surface area contributed by atoms with E-state index in [4.69, 9.17) is 0 Å². The van der Waals surface area contributed by atoms with Crippen LogP contribution < -0.4 is 0 Å². The first-order valence-corrected chi connectivity index (χ1v) is 7.54. The van der Waals surface area contributed by atoms with Gasteiger partial charge in [0.05, 0.1) is 11.1 Å². The van der Waals surface area contributed by atoms with Crippen LogP contribution in [0.15, 0.2) is 0 Å². The molecule has 0 atom stereocenters. The van der Waals surface area contributed by atoms with Gasteiger partial charge in [-0.15, -0.1) is 0 Å². The average molecular weight is 292 g/mol. The predicted octanol–water partition coefficient (Wildman–Crippen LogP) is 3.86. The summed E-state index contributed by atoms with van der Waals surface area (Å²) in [6, 6.07) is 0. The molecular formula is C17H24O4. The van der Waals surface area contributed by atoms with Crippen molar-refractivity contribution in [2.45, 2.75) is 59.8 Å². The lowest BCUT2D eigenvalue weighted by Crippen LogP contribution is -2.17. The number of unbranched alkanes of at least 4 members (excludes halogenated alkanes) is 1. The van der Waals surface area contributed by atoms with E-state index in [1.54, 1.807) is 6.92 Å². The number of carboxylic acid groups (broad SMARTS) is 2. The Morgan fingerprint density at radius 1 is 0.857 bits per heavy atom. The molecular weight excluding hydrogens is 268 g/mol. The Balaban J connectivity index is 3.79. The second-order valence-corrected chi connectivity index (χ2v) is 5.23. The van der Waals surface area contributed by atoms with E-state index >= 15 is 0 Å². The molecule has 0 fully saturated rings. The van der Waals surface area contributed by atoms with Gasteiger partial charge in [-0.05, 0) is 54.9 Å². The number of rotatable bonds is 7. The average Bonchev–Trinajstić information content (AvgIpc) is 2.42. The van der Waals surface area contributed by atoms with Crippen LogP contribution in [0.25, 0.3) is 0 Å². The lowest BCUT2D eigenvalue weighted by Gasteiger charge is -2.21. The Hall–Kier alpha value is -1.84. The van der Waals surface area contributed by atoms with Gasteiger partial charge < -0.3 is 10.2 Å². The number of hydrogen-bond acceptors (Lipinski definition) is 2. The SMILES string of the molecule is CCCCc1c(CC)c(CC)c(C(=O)O)c(C)c1C(=O)O. The van der Waals surface area contributed by atoms with E-state index in [0.29, 0.717) is 24.8 Å². The van der Waals surface area contributed by atoms with Crippen molar-refractivity contribution in [2.24, 2.45) is 0 Å². The number of aromatic carboxylic acids is 2. The van der Waals surface area contributed by atoms with Gasteiger partial charge in [-0.1, -0.05) is 27.2 Å². The highest BCUT2D eigenvalue weighted by Gasteiger charge is 2.26. The largest absolute Gasteiger partial charge is 0.478 e. The molecule has 0 amide bonds. The first-order valence-electron chi connectivity index (χ1n) is 7.54. The molecule has 0 spiro atoms. The highest BCUT2D eigenvalue weighted by molar-refractivity contribution is 5.99. The molecule has 0 saturated carbocycles. The van der Waals surface area contributed by atoms with Gasteiger partial charge in [0.15, 0.2) is 0 Å². The quantitative estimate of drug-likeness (QED) is 0.800. The van der Waals surface area contributed by atoms with Gasteiger partial charge in [0.1, 0.15) is 0 Å². The molecule has 1 aromatic carbocycles. The van der Waals surface area contributed by atoms with Crippen LogP contribution in [-0.4, -0.2) is 22.2 Å². The Labute approximate surface area is 125 Å². The second kappa shape index (κ2) is 7.25. The Morgan fingerprint density at radius 3 is 1.71 bits per heavy atom. The standard InChI is InChI=1S/C17H24O4/c1-5-8-9-13-11(6-2)12(7-3)14(16(18)19)10(4)15(13)17(20)21/h5-9H2,1-4H3,(H,18,19)(H,20,21). The minimum atomic E-state index is -1.04. The fourth-order valence-corrected chi connectivity index (χ4v) is 3.09. The molecule has 0 unspecified atom stereocenters. The summed E-state index contributed by atoms with van der Waals surface area (Å²) in [6.07, 6.45) is 3.83. The summed E-state index contributed by atoms with van der Waals surface area (Å²) < 4.78 is 0. The zero-order chi connectivity index (χ0) is 16.2. The third-order valence-electron chi connectivity index (χ3n) is 4.00. The Kier molecular flexibility index (Phi) is 5.94. The minimum Gasteiger partial charge on any atom is -0.478 e. The monoisotopic (exact) mass is 292 g/mol. The molecule has 4 nitrogen and oxygen atoms in total. The van der Waals surface area contributed by atoms with E-state index in [2.05, 4.69) is 6.92 Å². The normalized spacial score (nSPS) is 10.7. The van der Waals surface area contributed by atoms with Crippen molar-refractivity contribution in [3.63, 3.8) is 0 Å². The summed E-state index contributed by atoms with van der Waals surface area (Å²) in [7, 11) is 0. The molecule has 116 valence electrons. The summed E-state index contributed by atoms with van der Waals surface area (Å²) in [4.78, 5) is 23.2. The first-order chi connectivity index (χ1) is 9.90. The number of carbonyl (C=O) groups is 2. The van der Waals surface area contributed by atoms with Crippen LogP contribution in [0.1, 0.15) is 76.6 Å². The van der Waals surface area contributed by atoms with Crippen LogP contribution in [-0.2, 0) is 19.3 Å². The van der Waals surface area contributed by atoms with Gasteiger partial charge >= 0.3 is 11.9 Å². The number of benzene rings is 1. The van der Waals surface area contributed by atoms with Crippen LogP contribution in [0.5, 0.6) is 0 Å². The number of carboxylic acids is 2. The topological polar surface area (TPSA) is 74.6 Å². The molecule has 1 rings (SSSR count). The number of hydrogen-bond donors (Lipinski definition) is 2. The van der Waals surface area contributed by atoms with Gasteiger partial charge in [-0.25, -0.2) is 9.59 Å². The third-order valence-corrected chi connectivity index (χ3v) is 4.00. The first kappa shape index (κ1) is 17.2. The van der Waals surface area contributed by atoms with Crippen LogP contribution in [0.3, 0.4) is 0 Å². The van der Waals surface area contributed by atoms with Gasteiger partial charge in [0, 0.05) is 0 Å². The lowest BCUT2D eigenvalue weighted by molar-refractivity contribution is 0.0694. The van der Waals surface area contributed by atoms with E-state index in [9.17, 15) is 19.8 Å². The van der Waals surface area contributed by atoms with Crippen molar-refractivity contribution in [2.75, 3.05) is 0 Å². The zero-order valence-electron chi connectivity index (χ0n) is 13.2. The molecule has 21 heavy (non-hydrogen) atoms. The Morgan fingerprint density at radius 2 is 1.33 bits per heavy atom. The molecule has 0 aliphatic carbocycles. The fraction of sp³-hybridized carbons (Fsp3) is 0.529. The van der Waals surface area contributed by atoms with Crippen molar-refractivity contribution in [1.82, 2.24) is 0 Å². The van der Waals surface area contributed by atoms with Gasteiger partial charge in [-0.3, -0.25) is 0 Å². The predicted molar refractivity (Wildman–Crippen MR) is 82.5 cm³/mol. The molecule has 1 aromatic rings. The van der Waals surface area contributed by atoms with E-state index < -0.39 is 11.9 Å². The van der Waals surface area contributed by atoms with Crippen molar-refractivity contribution in [1.29, 1.82) is 0 Å². The smallest absolute Gasteiger partial charge is 0.336 e. The van der Waals surface area contributed by atoms with Gasteiger partial charge in [0.25, 0.3) is 0 Å². The van der Waals surface area contributed by atoms with Crippen molar-refractivity contribution >= 4 is 11.9 Å². The molecule has 0 radical (unpaired) electrons. The second-order valence-electron chi connectivity index (χ2n) is 5.23. The summed E-state index contributed by atoms with van der Waals surface area (Å²) in [5.74, 6) is -2.07. The molecule has 0 heterocycles. The van der Waals surface area contributed by atoms with E-state index in [1.165, 1.54) is 0 Å². The Bertz CT molecular complexity index is 559. The van der Waals surface area contributed by atoms with Crippen molar-refractivity contribution < 1.29 is 19.8 Å². The fourth-order valence-electron chi connectivity index (χ4n) is 3.09. The molecule has 2 N–H and O–H groups in total. The van der Waals surface area contributed by atoms with Gasteiger partial charge in [-0.2, -0.15) is 0 Å². The highest BCUT2D eigenvalue weighted by Crippen LogP contribution is 2.30. The summed E-state index contributed by atoms with van der Waals surface area (Å²) in [5, 5.41) is 19.0. The highest BCUT2D eigenvalue weighted by atomic mass is 16.4. The van der Waals surface area contributed by atoms with Crippen LogP contribution >= 0.6 is 0 Å². The summed E-state index contributed by atoms with van der Waals surface area (Å²) >= 11 is 0. The van der Waals surface area contributed by atoms with E-state index in [-0.39, 0.29) is 11.1 Å². The zero-order valence-corrected chi connectivity index (χ0v) is 13.2. The van der Waals surface area contributed by atoms with E-state index in [0.717, 1.165) is 29.5 Å². The van der Waals surface area contributed by atoms with Crippen molar-refractivity contribution in [3.8, 4) is 0 Å². The van der Waals surface area contributed by atoms with Gasteiger partial charge in [0.2, 0.25) is 0 Å². The van der Waals surface area contributed by atoms with Crippen LogP contribution in [0.4, 0.5) is 0 Å². The van der Waals surface area contributed by atoms with Crippen LogP contribution in [0.2, 0.25) is 0 Å². The maximum absolute atomic E-state index is 11.7. The maximum Gasteiger partial charge on any atom is 0.336 e. The molecule has 0 aliphatic rings. The summed E-state index contributed by atoms with van der Waals surface area (Å²) in [6.45, 7) is 7.55. The molecule has 0 bridgehead atoms. The minimum absolute atomic E-state index is 0.173. The summed E-state index contributed by atoms with van der Waals surface area (Å²) in [5.41, 5.74) is 3.27. The maximum atomic E-state index is 11.7. The molecule has 0 aliphatic heterocycles. The van der Waals surface area contributed by atoms with Crippen molar-refractivity contribution in [3.05, 3.63) is 33.4 Å². The molecule has 0 aromatic heterocycles. The third kappa shape index (κ3) is 3.26. The lowest BCUT2D eigenvalue weighted by atomic mass is 9.83. The molecule has 0 saturated heterocycles.